The first-order chi connectivity index (χ1) is 7.81. The Morgan fingerprint density at radius 3 is 2.25 bits per heavy atom. The van der Waals surface area contributed by atoms with E-state index in [9.17, 15) is 0 Å². The summed E-state index contributed by atoms with van der Waals surface area (Å²) in [7, 11) is 1.93. The van der Waals surface area contributed by atoms with Crippen molar-refractivity contribution in [1.82, 2.24) is 4.72 Å². The summed E-state index contributed by atoms with van der Waals surface area (Å²) in [4.78, 5) is 1.25. The summed E-state index contributed by atoms with van der Waals surface area (Å²) >= 11 is 1.64. The Morgan fingerprint density at radius 1 is 1.00 bits per heavy atom. The first-order valence-corrected chi connectivity index (χ1v) is 6.45. The van der Waals surface area contributed by atoms with E-state index in [0.717, 1.165) is 0 Å². The lowest BCUT2D eigenvalue weighted by molar-refractivity contribution is 1.09. The molecule has 0 saturated carbocycles. The SMILES string of the molecule is CCC.CNSc1ccc2ccccc2c1. The molecule has 16 heavy (non-hydrogen) atoms. The molecule has 2 aromatic carbocycles. The molecule has 0 radical (unpaired) electrons. The second kappa shape index (κ2) is 7.31. The van der Waals surface area contributed by atoms with Crippen LogP contribution in [0.15, 0.2) is 47.4 Å². The fourth-order valence-electron chi connectivity index (χ4n) is 1.35. The van der Waals surface area contributed by atoms with Gasteiger partial charge in [-0.25, -0.2) is 0 Å². The van der Waals surface area contributed by atoms with Crippen molar-refractivity contribution in [3.05, 3.63) is 42.5 Å². The Kier molecular flexibility index (Phi) is 5.98. The van der Waals surface area contributed by atoms with E-state index in [2.05, 4.69) is 61.0 Å². The van der Waals surface area contributed by atoms with Gasteiger partial charge in [-0.15, -0.1) is 0 Å². The van der Waals surface area contributed by atoms with Gasteiger partial charge >= 0.3 is 0 Å². The fourth-order valence-corrected chi connectivity index (χ4v) is 1.91. The third-order valence-corrected chi connectivity index (χ3v) is 2.63. The molecule has 2 heteroatoms. The average molecular weight is 233 g/mol. The van der Waals surface area contributed by atoms with Crippen molar-refractivity contribution in [1.29, 1.82) is 0 Å². The lowest BCUT2D eigenvalue weighted by Crippen LogP contribution is -1.89. The summed E-state index contributed by atoms with van der Waals surface area (Å²) in [6.07, 6.45) is 1.25. The molecule has 0 atom stereocenters. The standard InChI is InChI=1S/C11H11NS.C3H8/c1-12-13-11-7-6-9-4-2-3-5-10(9)8-11;1-3-2/h2-8,12H,1H3;3H2,1-2H3. The highest BCUT2D eigenvalue weighted by Crippen LogP contribution is 2.20. The molecule has 1 nitrogen and oxygen atoms in total. The molecule has 1 N–H and O–H groups in total. The molecule has 0 amide bonds. The first kappa shape index (κ1) is 13.1. The van der Waals surface area contributed by atoms with E-state index in [1.807, 2.05) is 7.05 Å². The van der Waals surface area contributed by atoms with Crippen LogP contribution < -0.4 is 4.72 Å². The maximum atomic E-state index is 3.07. The van der Waals surface area contributed by atoms with Gasteiger partial charge in [0.1, 0.15) is 0 Å². The van der Waals surface area contributed by atoms with E-state index in [1.54, 1.807) is 11.9 Å². The van der Waals surface area contributed by atoms with Crippen molar-refractivity contribution < 1.29 is 0 Å². The van der Waals surface area contributed by atoms with E-state index in [0.29, 0.717) is 0 Å². The maximum absolute atomic E-state index is 3.07. The van der Waals surface area contributed by atoms with Gasteiger partial charge in [-0.05, 0) is 41.9 Å². The summed E-state index contributed by atoms with van der Waals surface area (Å²) < 4.78 is 3.07. The molecule has 0 spiro atoms. The Morgan fingerprint density at radius 2 is 1.62 bits per heavy atom. The minimum Gasteiger partial charge on any atom is -0.263 e. The second-order valence-electron chi connectivity index (χ2n) is 3.52. The zero-order valence-electron chi connectivity index (χ0n) is 10.2. The monoisotopic (exact) mass is 233 g/mol. The van der Waals surface area contributed by atoms with Gasteiger partial charge < -0.3 is 0 Å². The van der Waals surface area contributed by atoms with Crippen LogP contribution in [0.25, 0.3) is 10.8 Å². The number of nitrogens with one attached hydrogen (secondary N) is 1. The zero-order chi connectivity index (χ0) is 11.8. The van der Waals surface area contributed by atoms with Crippen LogP contribution in [0.5, 0.6) is 0 Å². The van der Waals surface area contributed by atoms with Crippen LogP contribution in [-0.4, -0.2) is 7.05 Å². The molecule has 0 saturated heterocycles. The van der Waals surface area contributed by atoms with Gasteiger partial charge in [-0.1, -0.05) is 50.6 Å². The van der Waals surface area contributed by atoms with Crippen LogP contribution in [0.1, 0.15) is 20.3 Å². The first-order valence-electron chi connectivity index (χ1n) is 5.64. The Balaban J connectivity index is 0.000000386. The third-order valence-electron chi connectivity index (χ3n) is 1.94. The van der Waals surface area contributed by atoms with E-state index >= 15 is 0 Å². The highest BCUT2D eigenvalue weighted by atomic mass is 32.2. The van der Waals surface area contributed by atoms with Crippen LogP contribution in [-0.2, 0) is 0 Å². The van der Waals surface area contributed by atoms with Crippen molar-refractivity contribution in [3.63, 3.8) is 0 Å². The van der Waals surface area contributed by atoms with Gasteiger partial charge in [0, 0.05) is 4.90 Å². The van der Waals surface area contributed by atoms with Crippen molar-refractivity contribution in [2.75, 3.05) is 7.05 Å². The highest BCUT2D eigenvalue weighted by Gasteiger charge is 1.94. The fraction of sp³-hybridized carbons (Fsp3) is 0.286. The summed E-state index contributed by atoms with van der Waals surface area (Å²) in [5.74, 6) is 0. The largest absolute Gasteiger partial charge is 0.263 e. The quantitative estimate of drug-likeness (QED) is 0.767. The Bertz CT molecular complexity index is 426. The number of fused-ring (bicyclic) bond motifs is 1. The lowest BCUT2D eigenvalue weighted by atomic mass is 10.1. The average Bonchev–Trinajstić information content (AvgIpc) is 2.30. The van der Waals surface area contributed by atoms with Gasteiger partial charge in [0.25, 0.3) is 0 Å². The van der Waals surface area contributed by atoms with Crippen LogP contribution >= 0.6 is 11.9 Å². The summed E-state index contributed by atoms with van der Waals surface area (Å²) in [6.45, 7) is 4.25. The maximum Gasteiger partial charge on any atom is 0.0234 e. The van der Waals surface area contributed by atoms with E-state index in [1.165, 1.54) is 22.1 Å². The molecule has 0 fully saturated rings. The van der Waals surface area contributed by atoms with Crippen LogP contribution in [0.3, 0.4) is 0 Å². The predicted molar refractivity (Wildman–Crippen MR) is 74.8 cm³/mol. The van der Waals surface area contributed by atoms with Crippen molar-refractivity contribution in [2.45, 2.75) is 25.2 Å². The molecule has 0 aliphatic heterocycles. The van der Waals surface area contributed by atoms with Crippen LogP contribution in [0.2, 0.25) is 0 Å². The molecule has 0 aromatic heterocycles. The van der Waals surface area contributed by atoms with Crippen LogP contribution in [0, 0.1) is 0 Å². The number of rotatable bonds is 2. The van der Waals surface area contributed by atoms with E-state index in [4.69, 9.17) is 0 Å². The second-order valence-corrected chi connectivity index (χ2v) is 4.61. The Labute approximate surface area is 102 Å². The van der Waals surface area contributed by atoms with Gasteiger partial charge in [0.2, 0.25) is 0 Å². The number of benzene rings is 2. The van der Waals surface area contributed by atoms with Gasteiger partial charge in [0.15, 0.2) is 0 Å². The predicted octanol–water partition coefficient (Wildman–Crippen LogP) is 4.48. The van der Waals surface area contributed by atoms with Gasteiger partial charge in [0.05, 0.1) is 0 Å². The molecule has 0 aliphatic rings. The molecular weight excluding hydrogens is 214 g/mol. The zero-order valence-corrected chi connectivity index (χ0v) is 11.0. The van der Waals surface area contributed by atoms with Crippen molar-refractivity contribution >= 4 is 22.7 Å². The Hall–Kier alpha value is -0.990. The van der Waals surface area contributed by atoms with Gasteiger partial charge in [-0.2, -0.15) is 0 Å². The number of hydrogen-bond acceptors (Lipinski definition) is 2. The summed E-state index contributed by atoms with van der Waals surface area (Å²) in [5, 5.41) is 2.59. The van der Waals surface area contributed by atoms with Gasteiger partial charge in [-0.3, -0.25) is 4.72 Å². The minimum atomic E-state index is 1.25. The van der Waals surface area contributed by atoms with E-state index < -0.39 is 0 Å². The summed E-state index contributed by atoms with van der Waals surface area (Å²) in [6, 6.07) is 14.9. The molecule has 2 aromatic rings. The third kappa shape index (κ3) is 3.87. The molecule has 0 unspecified atom stereocenters. The smallest absolute Gasteiger partial charge is 0.0234 e. The minimum absolute atomic E-state index is 1.25. The number of hydrogen-bond donors (Lipinski definition) is 1. The highest BCUT2D eigenvalue weighted by molar-refractivity contribution is 7.97. The topological polar surface area (TPSA) is 12.0 Å². The molecular formula is C14H19NS. The summed E-state index contributed by atoms with van der Waals surface area (Å²) in [5.41, 5.74) is 0. The molecule has 0 heterocycles. The molecule has 2 rings (SSSR count). The normalized spacial score (nSPS) is 9.69. The van der Waals surface area contributed by atoms with Crippen molar-refractivity contribution in [2.24, 2.45) is 0 Å². The molecule has 86 valence electrons. The van der Waals surface area contributed by atoms with E-state index in [-0.39, 0.29) is 0 Å². The molecule has 0 aliphatic carbocycles. The van der Waals surface area contributed by atoms with Crippen molar-refractivity contribution in [3.8, 4) is 0 Å². The van der Waals surface area contributed by atoms with Crippen LogP contribution in [0.4, 0.5) is 0 Å². The lowest BCUT2D eigenvalue weighted by Gasteiger charge is -2.01. The molecule has 0 bridgehead atoms.